The minimum Gasteiger partial charge on any atom is -0.340 e. The van der Waals surface area contributed by atoms with Crippen LogP contribution in [0.1, 0.15) is 39.5 Å². The maximum Gasteiger partial charge on any atom is 0.248 e. The Labute approximate surface area is 126 Å². The number of sulfone groups is 1. The van der Waals surface area contributed by atoms with Crippen LogP contribution in [0.4, 0.5) is 0 Å². The molecular weight excluding hydrogens is 292 g/mol. The standard InChI is InChI=1S/C14H24N2O4S/c1-4-14(2)13(18)16(8-5-9-21(3,19)20)11(10-6-7-10)12(17)15-14/h10-11H,4-9H2,1-3H3,(H,15,17). The molecule has 120 valence electrons. The molecule has 21 heavy (non-hydrogen) atoms. The molecule has 2 fully saturated rings. The molecule has 6 nitrogen and oxygen atoms in total. The van der Waals surface area contributed by atoms with Gasteiger partial charge in [-0.1, -0.05) is 6.92 Å². The minimum atomic E-state index is -3.05. The molecule has 0 bridgehead atoms. The van der Waals surface area contributed by atoms with Crippen molar-refractivity contribution < 1.29 is 18.0 Å². The predicted molar refractivity (Wildman–Crippen MR) is 79.4 cm³/mol. The molecule has 2 amide bonds. The highest BCUT2D eigenvalue weighted by Crippen LogP contribution is 2.38. The van der Waals surface area contributed by atoms with Crippen LogP contribution in [0.2, 0.25) is 0 Å². The van der Waals surface area contributed by atoms with Crippen molar-refractivity contribution in [3.05, 3.63) is 0 Å². The molecule has 0 aromatic heterocycles. The molecule has 1 aliphatic carbocycles. The van der Waals surface area contributed by atoms with Gasteiger partial charge < -0.3 is 10.2 Å². The Morgan fingerprint density at radius 2 is 1.95 bits per heavy atom. The molecule has 1 saturated carbocycles. The van der Waals surface area contributed by atoms with Gasteiger partial charge >= 0.3 is 0 Å². The quantitative estimate of drug-likeness (QED) is 0.765. The number of amides is 2. The van der Waals surface area contributed by atoms with E-state index in [0.29, 0.717) is 19.4 Å². The Morgan fingerprint density at radius 1 is 1.33 bits per heavy atom. The van der Waals surface area contributed by atoms with Crippen molar-refractivity contribution in [1.82, 2.24) is 10.2 Å². The molecule has 7 heteroatoms. The van der Waals surface area contributed by atoms with Crippen molar-refractivity contribution >= 4 is 21.7 Å². The van der Waals surface area contributed by atoms with E-state index in [9.17, 15) is 18.0 Å². The molecule has 1 saturated heterocycles. The Kier molecular flexibility index (Phi) is 4.33. The Morgan fingerprint density at radius 3 is 2.43 bits per heavy atom. The highest BCUT2D eigenvalue weighted by Gasteiger charge is 2.51. The average Bonchev–Trinajstić information content (AvgIpc) is 3.18. The van der Waals surface area contributed by atoms with Crippen LogP contribution in [0.3, 0.4) is 0 Å². The molecule has 2 aliphatic rings. The first-order chi connectivity index (χ1) is 9.68. The molecule has 0 spiro atoms. The lowest BCUT2D eigenvalue weighted by atomic mass is 9.90. The number of carbonyl (C=O) groups is 2. The van der Waals surface area contributed by atoms with Gasteiger partial charge in [0.1, 0.15) is 21.4 Å². The second kappa shape index (κ2) is 5.59. The van der Waals surface area contributed by atoms with E-state index in [1.54, 1.807) is 11.8 Å². The van der Waals surface area contributed by atoms with Crippen molar-refractivity contribution in [2.24, 2.45) is 5.92 Å². The summed E-state index contributed by atoms with van der Waals surface area (Å²) in [5.41, 5.74) is -0.867. The summed E-state index contributed by atoms with van der Waals surface area (Å²) >= 11 is 0. The van der Waals surface area contributed by atoms with Gasteiger partial charge in [0.05, 0.1) is 5.75 Å². The van der Waals surface area contributed by atoms with Crippen molar-refractivity contribution in [1.29, 1.82) is 0 Å². The maximum atomic E-state index is 12.7. The lowest BCUT2D eigenvalue weighted by molar-refractivity contribution is -0.155. The summed E-state index contributed by atoms with van der Waals surface area (Å²) in [5, 5.41) is 2.85. The van der Waals surface area contributed by atoms with E-state index < -0.39 is 21.4 Å². The Balaban J connectivity index is 2.14. The van der Waals surface area contributed by atoms with Crippen LogP contribution in [0.15, 0.2) is 0 Å². The maximum absolute atomic E-state index is 12.7. The predicted octanol–water partition coefficient (Wildman–Crippen LogP) is 0.327. The van der Waals surface area contributed by atoms with Crippen LogP contribution in [-0.4, -0.2) is 55.3 Å². The first-order valence-corrected chi connectivity index (χ1v) is 9.55. The van der Waals surface area contributed by atoms with Crippen LogP contribution in [0.5, 0.6) is 0 Å². The number of piperazine rings is 1. The highest BCUT2D eigenvalue weighted by molar-refractivity contribution is 7.90. The zero-order valence-corrected chi connectivity index (χ0v) is 13.7. The van der Waals surface area contributed by atoms with Crippen molar-refractivity contribution in [2.45, 2.75) is 51.1 Å². The van der Waals surface area contributed by atoms with Gasteiger partial charge in [-0.2, -0.15) is 0 Å². The summed E-state index contributed by atoms with van der Waals surface area (Å²) in [6.07, 6.45) is 4.00. The second-order valence-electron chi connectivity index (χ2n) is 6.44. The molecule has 2 rings (SSSR count). The molecule has 1 N–H and O–H groups in total. The lowest BCUT2D eigenvalue weighted by Gasteiger charge is -2.44. The number of nitrogens with one attached hydrogen (secondary N) is 1. The normalized spacial score (nSPS) is 30.4. The minimum absolute atomic E-state index is 0.0403. The summed E-state index contributed by atoms with van der Waals surface area (Å²) < 4.78 is 22.5. The average molecular weight is 316 g/mol. The largest absolute Gasteiger partial charge is 0.340 e. The Hall–Kier alpha value is -1.11. The van der Waals surface area contributed by atoms with Crippen LogP contribution in [0.25, 0.3) is 0 Å². The van der Waals surface area contributed by atoms with Crippen LogP contribution >= 0.6 is 0 Å². The van der Waals surface area contributed by atoms with E-state index in [1.807, 2.05) is 6.92 Å². The second-order valence-corrected chi connectivity index (χ2v) is 8.70. The van der Waals surface area contributed by atoms with Gasteiger partial charge in [0, 0.05) is 12.8 Å². The zero-order valence-electron chi connectivity index (χ0n) is 12.9. The molecule has 2 atom stereocenters. The number of hydrogen-bond acceptors (Lipinski definition) is 4. The summed E-state index contributed by atoms with van der Waals surface area (Å²) in [6, 6.07) is -0.420. The molecule has 1 heterocycles. The van der Waals surface area contributed by atoms with Gasteiger partial charge in [-0.05, 0) is 38.5 Å². The van der Waals surface area contributed by atoms with Crippen molar-refractivity contribution in [2.75, 3.05) is 18.6 Å². The van der Waals surface area contributed by atoms with Crippen molar-refractivity contribution in [3.63, 3.8) is 0 Å². The SMILES string of the molecule is CCC1(C)NC(=O)C(C2CC2)N(CCCS(C)(=O)=O)C1=O. The number of rotatable bonds is 6. The third kappa shape index (κ3) is 3.56. The molecular formula is C14H24N2O4S. The lowest BCUT2D eigenvalue weighted by Crippen LogP contribution is -2.69. The molecule has 0 aromatic carbocycles. The smallest absolute Gasteiger partial charge is 0.248 e. The number of hydrogen-bond donors (Lipinski definition) is 1. The van der Waals surface area contributed by atoms with Crippen molar-refractivity contribution in [3.8, 4) is 0 Å². The molecule has 0 radical (unpaired) electrons. The third-order valence-corrected chi connectivity index (χ3v) is 5.46. The number of nitrogens with zero attached hydrogens (tertiary/aromatic N) is 1. The monoisotopic (exact) mass is 316 g/mol. The van der Waals surface area contributed by atoms with E-state index in [0.717, 1.165) is 12.8 Å². The third-order valence-electron chi connectivity index (χ3n) is 4.43. The fourth-order valence-corrected chi connectivity index (χ4v) is 3.50. The summed E-state index contributed by atoms with van der Waals surface area (Å²) in [4.78, 5) is 26.6. The fourth-order valence-electron chi connectivity index (χ4n) is 2.84. The molecule has 1 aliphatic heterocycles. The first kappa shape index (κ1) is 16.3. The van der Waals surface area contributed by atoms with Gasteiger partial charge in [0.2, 0.25) is 11.8 Å². The van der Waals surface area contributed by atoms with Crippen LogP contribution in [-0.2, 0) is 19.4 Å². The topological polar surface area (TPSA) is 83.6 Å². The van der Waals surface area contributed by atoms with Gasteiger partial charge in [0.15, 0.2) is 0 Å². The fraction of sp³-hybridized carbons (Fsp3) is 0.857. The van der Waals surface area contributed by atoms with Crippen LogP contribution < -0.4 is 5.32 Å². The summed E-state index contributed by atoms with van der Waals surface area (Å²) in [6.45, 7) is 3.93. The number of carbonyl (C=O) groups excluding carboxylic acids is 2. The summed E-state index contributed by atoms with van der Waals surface area (Å²) in [7, 11) is -3.05. The van der Waals surface area contributed by atoms with Crippen LogP contribution in [0, 0.1) is 5.92 Å². The first-order valence-electron chi connectivity index (χ1n) is 7.49. The van der Waals surface area contributed by atoms with Gasteiger partial charge in [-0.15, -0.1) is 0 Å². The van der Waals surface area contributed by atoms with E-state index in [-0.39, 0.29) is 23.5 Å². The highest BCUT2D eigenvalue weighted by atomic mass is 32.2. The van der Waals surface area contributed by atoms with E-state index in [4.69, 9.17) is 0 Å². The zero-order chi connectivity index (χ0) is 15.8. The summed E-state index contributed by atoms with van der Waals surface area (Å²) in [5.74, 6) is 0.0860. The molecule has 2 unspecified atom stereocenters. The molecule has 0 aromatic rings. The Bertz CT molecular complexity index is 541. The van der Waals surface area contributed by atoms with Gasteiger partial charge in [-0.25, -0.2) is 8.42 Å². The van der Waals surface area contributed by atoms with E-state index in [2.05, 4.69) is 5.32 Å². The van der Waals surface area contributed by atoms with Gasteiger partial charge in [0.25, 0.3) is 0 Å². The van der Waals surface area contributed by atoms with E-state index in [1.165, 1.54) is 6.26 Å². The van der Waals surface area contributed by atoms with E-state index >= 15 is 0 Å². The van der Waals surface area contributed by atoms with Gasteiger partial charge in [-0.3, -0.25) is 9.59 Å².